The molecule has 0 aliphatic heterocycles. The molecular formula is C13H25NO3. The SMILES string of the molecule is CC(C)(C)OC(=O)NC1(CCO)CCCCC1. The molecule has 0 aromatic heterocycles. The topological polar surface area (TPSA) is 58.6 Å². The summed E-state index contributed by atoms with van der Waals surface area (Å²) in [6, 6.07) is 0. The van der Waals surface area contributed by atoms with Crippen molar-refractivity contribution in [2.75, 3.05) is 6.61 Å². The van der Waals surface area contributed by atoms with Gasteiger partial charge in [0.05, 0.1) is 0 Å². The minimum atomic E-state index is -0.473. The Hall–Kier alpha value is -0.770. The number of rotatable bonds is 3. The normalized spacial score (nSPS) is 19.8. The van der Waals surface area contributed by atoms with Crippen LogP contribution in [-0.4, -0.2) is 28.9 Å². The number of hydrogen-bond donors (Lipinski definition) is 2. The van der Waals surface area contributed by atoms with Crippen LogP contribution in [0.3, 0.4) is 0 Å². The maximum Gasteiger partial charge on any atom is 0.408 e. The molecule has 0 saturated heterocycles. The van der Waals surface area contributed by atoms with Crippen molar-refractivity contribution < 1.29 is 14.6 Å². The standard InChI is InChI=1S/C13H25NO3/c1-12(2,3)17-11(16)14-13(9-10-15)7-5-4-6-8-13/h15H,4-10H2,1-3H3,(H,14,16). The first-order valence-corrected chi connectivity index (χ1v) is 6.49. The number of carbonyl (C=O) groups excluding carboxylic acids is 1. The van der Waals surface area contributed by atoms with Gasteiger partial charge in [-0.25, -0.2) is 4.79 Å². The molecule has 1 aliphatic rings. The summed E-state index contributed by atoms with van der Waals surface area (Å²) in [5.41, 5.74) is -0.728. The number of alkyl carbamates (subject to hydrolysis) is 1. The maximum atomic E-state index is 11.8. The molecular weight excluding hydrogens is 218 g/mol. The molecule has 100 valence electrons. The van der Waals surface area contributed by atoms with Gasteiger partial charge in [0.25, 0.3) is 0 Å². The van der Waals surface area contributed by atoms with Crippen LogP contribution in [-0.2, 0) is 4.74 Å². The van der Waals surface area contributed by atoms with Crippen molar-refractivity contribution in [2.45, 2.75) is 70.4 Å². The zero-order valence-electron chi connectivity index (χ0n) is 11.2. The van der Waals surface area contributed by atoms with E-state index in [1.165, 1.54) is 6.42 Å². The van der Waals surface area contributed by atoms with Crippen molar-refractivity contribution in [1.82, 2.24) is 5.32 Å². The van der Waals surface area contributed by atoms with Crippen molar-refractivity contribution >= 4 is 6.09 Å². The van der Waals surface area contributed by atoms with Crippen LogP contribution >= 0.6 is 0 Å². The quantitative estimate of drug-likeness (QED) is 0.801. The maximum absolute atomic E-state index is 11.8. The fourth-order valence-corrected chi connectivity index (χ4v) is 2.40. The van der Waals surface area contributed by atoms with E-state index in [0.717, 1.165) is 25.7 Å². The fraction of sp³-hybridized carbons (Fsp3) is 0.923. The average Bonchev–Trinajstić information content (AvgIpc) is 2.15. The summed E-state index contributed by atoms with van der Waals surface area (Å²) < 4.78 is 5.28. The molecule has 1 saturated carbocycles. The third kappa shape index (κ3) is 4.94. The summed E-state index contributed by atoms with van der Waals surface area (Å²) >= 11 is 0. The highest BCUT2D eigenvalue weighted by Crippen LogP contribution is 2.31. The highest BCUT2D eigenvalue weighted by molar-refractivity contribution is 5.68. The van der Waals surface area contributed by atoms with Gasteiger partial charge in [0.2, 0.25) is 0 Å². The van der Waals surface area contributed by atoms with E-state index in [1.807, 2.05) is 20.8 Å². The minimum absolute atomic E-state index is 0.107. The van der Waals surface area contributed by atoms with E-state index in [2.05, 4.69) is 5.32 Å². The molecule has 1 rings (SSSR count). The Kier molecular flexibility index (Phi) is 4.80. The highest BCUT2D eigenvalue weighted by atomic mass is 16.6. The van der Waals surface area contributed by atoms with Gasteiger partial charge in [-0.05, 0) is 40.0 Å². The lowest BCUT2D eigenvalue weighted by Gasteiger charge is -2.38. The number of aliphatic hydroxyl groups excluding tert-OH is 1. The molecule has 0 bridgehead atoms. The molecule has 0 radical (unpaired) electrons. The predicted molar refractivity (Wildman–Crippen MR) is 66.9 cm³/mol. The number of amides is 1. The molecule has 1 fully saturated rings. The van der Waals surface area contributed by atoms with Gasteiger partial charge in [-0.3, -0.25) is 0 Å². The Morgan fingerprint density at radius 2 is 1.88 bits per heavy atom. The van der Waals surface area contributed by atoms with Gasteiger partial charge in [0.1, 0.15) is 5.60 Å². The fourth-order valence-electron chi connectivity index (χ4n) is 2.40. The summed E-state index contributed by atoms with van der Waals surface area (Å²) in [4.78, 5) is 11.8. The van der Waals surface area contributed by atoms with Gasteiger partial charge < -0.3 is 15.2 Å². The molecule has 4 nitrogen and oxygen atoms in total. The van der Waals surface area contributed by atoms with Crippen LogP contribution in [0.4, 0.5) is 4.79 Å². The second kappa shape index (κ2) is 5.71. The average molecular weight is 243 g/mol. The summed E-state index contributed by atoms with van der Waals surface area (Å²) in [6.07, 6.45) is 5.55. The first kappa shape index (κ1) is 14.3. The van der Waals surface area contributed by atoms with Gasteiger partial charge in [-0.1, -0.05) is 19.3 Å². The number of carbonyl (C=O) groups is 1. The molecule has 1 aliphatic carbocycles. The monoisotopic (exact) mass is 243 g/mol. The van der Waals surface area contributed by atoms with Crippen molar-refractivity contribution in [3.05, 3.63) is 0 Å². The summed E-state index contributed by atoms with van der Waals surface area (Å²) in [5, 5.41) is 12.1. The third-order valence-corrected chi connectivity index (χ3v) is 3.17. The van der Waals surface area contributed by atoms with E-state index < -0.39 is 5.60 Å². The van der Waals surface area contributed by atoms with E-state index in [4.69, 9.17) is 9.84 Å². The highest BCUT2D eigenvalue weighted by Gasteiger charge is 2.34. The van der Waals surface area contributed by atoms with Crippen LogP contribution in [0.15, 0.2) is 0 Å². The summed E-state index contributed by atoms with van der Waals surface area (Å²) in [7, 11) is 0. The molecule has 0 spiro atoms. The van der Waals surface area contributed by atoms with Crippen LogP contribution in [0.5, 0.6) is 0 Å². The van der Waals surface area contributed by atoms with E-state index >= 15 is 0 Å². The second-order valence-corrected chi connectivity index (χ2v) is 5.94. The van der Waals surface area contributed by atoms with Crippen molar-refractivity contribution in [2.24, 2.45) is 0 Å². The number of ether oxygens (including phenoxy) is 1. The van der Waals surface area contributed by atoms with Gasteiger partial charge >= 0.3 is 6.09 Å². The lowest BCUT2D eigenvalue weighted by molar-refractivity contribution is 0.0398. The zero-order chi connectivity index (χ0) is 12.9. The number of nitrogens with one attached hydrogen (secondary N) is 1. The van der Waals surface area contributed by atoms with E-state index in [1.54, 1.807) is 0 Å². The lowest BCUT2D eigenvalue weighted by atomic mass is 9.79. The Bertz CT molecular complexity index is 246. The van der Waals surface area contributed by atoms with Crippen LogP contribution in [0.25, 0.3) is 0 Å². The minimum Gasteiger partial charge on any atom is -0.444 e. The molecule has 0 aromatic carbocycles. The van der Waals surface area contributed by atoms with Crippen molar-refractivity contribution in [3.63, 3.8) is 0 Å². The molecule has 0 aromatic rings. The van der Waals surface area contributed by atoms with Gasteiger partial charge in [0, 0.05) is 12.1 Å². The molecule has 1 amide bonds. The summed E-state index contributed by atoms with van der Waals surface area (Å²) in [6.45, 7) is 5.67. The van der Waals surface area contributed by atoms with Crippen LogP contribution < -0.4 is 5.32 Å². The van der Waals surface area contributed by atoms with Crippen LogP contribution in [0.1, 0.15) is 59.3 Å². The first-order valence-electron chi connectivity index (χ1n) is 6.49. The van der Waals surface area contributed by atoms with E-state index in [9.17, 15) is 4.79 Å². The Morgan fingerprint density at radius 1 is 1.29 bits per heavy atom. The third-order valence-electron chi connectivity index (χ3n) is 3.17. The number of aliphatic hydroxyl groups is 1. The van der Waals surface area contributed by atoms with Crippen LogP contribution in [0.2, 0.25) is 0 Å². The molecule has 0 atom stereocenters. The zero-order valence-corrected chi connectivity index (χ0v) is 11.2. The largest absolute Gasteiger partial charge is 0.444 e. The van der Waals surface area contributed by atoms with Crippen molar-refractivity contribution in [1.29, 1.82) is 0 Å². The van der Waals surface area contributed by atoms with Gasteiger partial charge in [-0.2, -0.15) is 0 Å². The molecule has 0 unspecified atom stereocenters. The van der Waals surface area contributed by atoms with Crippen LogP contribution in [0, 0.1) is 0 Å². The molecule has 0 heterocycles. The second-order valence-electron chi connectivity index (χ2n) is 5.94. The number of hydrogen-bond acceptors (Lipinski definition) is 3. The first-order chi connectivity index (χ1) is 7.87. The molecule has 17 heavy (non-hydrogen) atoms. The van der Waals surface area contributed by atoms with Crippen molar-refractivity contribution in [3.8, 4) is 0 Å². The Morgan fingerprint density at radius 3 is 2.35 bits per heavy atom. The smallest absolute Gasteiger partial charge is 0.408 e. The molecule has 4 heteroatoms. The molecule has 2 N–H and O–H groups in total. The van der Waals surface area contributed by atoms with Gasteiger partial charge in [-0.15, -0.1) is 0 Å². The van der Waals surface area contributed by atoms with Gasteiger partial charge in [0.15, 0.2) is 0 Å². The Balaban J connectivity index is 2.57. The predicted octanol–water partition coefficient (Wildman–Crippen LogP) is 2.60. The summed E-state index contributed by atoms with van der Waals surface area (Å²) in [5.74, 6) is 0. The van der Waals surface area contributed by atoms with E-state index in [-0.39, 0.29) is 18.2 Å². The Labute approximate surface area is 104 Å². The van der Waals surface area contributed by atoms with E-state index in [0.29, 0.717) is 6.42 Å². The lowest BCUT2D eigenvalue weighted by Crippen LogP contribution is -2.51.